The summed E-state index contributed by atoms with van der Waals surface area (Å²) in [6, 6.07) is 6.26. The van der Waals surface area contributed by atoms with E-state index >= 15 is 0 Å². The molecule has 0 radical (unpaired) electrons. The van der Waals surface area contributed by atoms with E-state index in [9.17, 15) is 0 Å². The Bertz CT molecular complexity index is 397. The van der Waals surface area contributed by atoms with E-state index in [4.69, 9.17) is 21.1 Å². The highest BCUT2D eigenvalue weighted by Gasteiger charge is 2.21. The van der Waals surface area contributed by atoms with Crippen molar-refractivity contribution in [2.24, 2.45) is 0 Å². The first-order valence-electron chi connectivity index (χ1n) is 6.44. The number of hydrogen-bond acceptors (Lipinski definition) is 3. The molecule has 100 valence electrons. The van der Waals surface area contributed by atoms with Gasteiger partial charge in [-0.2, -0.15) is 0 Å². The number of hydrogen-bond donors (Lipinski definition) is 1. The Morgan fingerprint density at radius 2 is 2.33 bits per heavy atom. The smallest absolute Gasteiger partial charge is 0.139 e. The predicted molar refractivity (Wildman–Crippen MR) is 74.7 cm³/mol. The van der Waals surface area contributed by atoms with Crippen molar-refractivity contribution in [2.45, 2.75) is 38.3 Å². The normalized spacial score (nSPS) is 23.7. The summed E-state index contributed by atoms with van der Waals surface area (Å²) in [6.07, 6.45) is 3.55. The van der Waals surface area contributed by atoms with E-state index in [1.165, 1.54) is 0 Å². The zero-order chi connectivity index (χ0) is 13.0. The fourth-order valence-electron chi connectivity index (χ4n) is 2.28. The van der Waals surface area contributed by atoms with Gasteiger partial charge in [-0.15, -0.1) is 0 Å². The van der Waals surface area contributed by atoms with E-state index in [0.717, 1.165) is 31.6 Å². The van der Waals surface area contributed by atoms with Gasteiger partial charge < -0.3 is 14.8 Å². The van der Waals surface area contributed by atoms with Gasteiger partial charge in [0, 0.05) is 24.4 Å². The molecule has 1 aromatic rings. The molecule has 0 spiro atoms. The van der Waals surface area contributed by atoms with E-state index < -0.39 is 0 Å². The molecule has 1 heterocycles. The first-order valence-corrected chi connectivity index (χ1v) is 6.82. The molecule has 3 nitrogen and oxygen atoms in total. The van der Waals surface area contributed by atoms with Crippen molar-refractivity contribution in [1.29, 1.82) is 0 Å². The lowest BCUT2D eigenvalue weighted by molar-refractivity contribution is 0.00925. The Morgan fingerprint density at radius 1 is 1.50 bits per heavy atom. The summed E-state index contributed by atoms with van der Waals surface area (Å²) < 4.78 is 10.9. The molecule has 0 amide bonds. The number of halogens is 1. The summed E-state index contributed by atoms with van der Waals surface area (Å²) in [4.78, 5) is 0. The highest BCUT2D eigenvalue weighted by atomic mass is 35.5. The Hall–Kier alpha value is -0.930. The van der Waals surface area contributed by atoms with E-state index in [1.807, 2.05) is 18.2 Å². The second-order valence-electron chi connectivity index (χ2n) is 4.62. The van der Waals surface area contributed by atoms with Gasteiger partial charge >= 0.3 is 0 Å². The van der Waals surface area contributed by atoms with E-state index in [-0.39, 0.29) is 0 Å². The molecular weight excluding hydrogens is 250 g/mol. The van der Waals surface area contributed by atoms with Gasteiger partial charge in [0.15, 0.2) is 0 Å². The van der Waals surface area contributed by atoms with Gasteiger partial charge in [0.2, 0.25) is 0 Å². The molecule has 1 fully saturated rings. The number of nitrogens with one attached hydrogen (secondary N) is 1. The van der Waals surface area contributed by atoms with E-state index in [0.29, 0.717) is 22.9 Å². The number of methoxy groups -OCH3 is 1. The van der Waals surface area contributed by atoms with Crippen molar-refractivity contribution in [3.63, 3.8) is 0 Å². The fourth-order valence-corrected chi connectivity index (χ4v) is 2.48. The van der Waals surface area contributed by atoms with Crippen LogP contribution in [0.4, 0.5) is 5.69 Å². The van der Waals surface area contributed by atoms with Gasteiger partial charge in [0.25, 0.3) is 0 Å². The third-order valence-electron chi connectivity index (χ3n) is 3.34. The SMILES string of the molecule is CCC1CC(Nc2ccc(Cl)c(OC)c2)CCO1. The van der Waals surface area contributed by atoms with Crippen molar-refractivity contribution in [3.8, 4) is 5.75 Å². The molecule has 0 saturated carbocycles. The topological polar surface area (TPSA) is 30.5 Å². The maximum absolute atomic E-state index is 6.01. The second kappa shape index (κ2) is 6.30. The third kappa shape index (κ3) is 3.30. The summed E-state index contributed by atoms with van der Waals surface area (Å²) in [5.41, 5.74) is 1.05. The highest BCUT2D eigenvalue weighted by Crippen LogP contribution is 2.29. The van der Waals surface area contributed by atoms with Gasteiger partial charge in [-0.3, -0.25) is 0 Å². The average Bonchev–Trinajstić information content (AvgIpc) is 2.41. The van der Waals surface area contributed by atoms with Crippen molar-refractivity contribution in [3.05, 3.63) is 23.2 Å². The molecule has 0 bridgehead atoms. The molecule has 0 aliphatic carbocycles. The lowest BCUT2D eigenvalue weighted by Gasteiger charge is -2.30. The molecule has 1 aliphatic rings. The monoisotopic (exact) mass is 269 g/mol. The van der Waals surface area contributed by atoms with Crippen LogP contribution in [0.3, 0.4) is 0 Å². The van der Waals surface area contributed by atoms with Crippen LogP contribution in [0, 0.1) is 0 Å². The molecule has 4 heteroatoms. The Morgan fingerprint density at radius 3 is 3.06 bits per heavy atom. The van der Waals surface area contributed by atoms with Gasteiger partial charge in [-0.25, -0.2) is 0 Å². The van der Waals surface area contributed by atoms with Crippen molar-refractivity contribution in [2.75, 3.05) is 19.0 Å². The van der Waals surface area contributed by atoms with Crippen LogP contribution in [0.2, 0.25) is 5.02 Å². The van der Waals surface area contributed by atoms with Crippen LogP contribution in [0.25, 0.3) is 0 Å². The predicted octanol–water partition coefficient (Wildman–Crippen LogP) is 3.72. The third-order valence-corrected chi connectivity index (χ3v) is 3.66. The molecule has 1 aliphatic heterocycles. The van der Waals surface area contributed by atoms with Crippen LogP contribution < -0.4 is 10.1 Å². The van der Waals surface area contributed by atoms with E-state index in [1.54, 1.807) is 7.11 Å². The zero-order valence-electron chi connectivity index (χ0n) is 10.9. The largest absolute Gasteiger partial charge is 0.495 e. The first-order chi connectivity index (χ1) is 8.72. The van der Waals surface area contributed by atoms with Crippen molar-refractivity contribution < 1.29 is 9.47 Å². The molecule has 2 rings (SSSR count). The summed E-state index contributed by atoms with van der Waals surface area (Å²) in [5, 5.41) is 4.17. The number of anilines is 1. The Balaban J connectivity index is 2.00. The number of rotatable bonds is 4. The summed E-state index contributed by atoms with van der Waals surface area (Å²) >= 11 is 6.01. The Labute approximate surface area is 113 Å². The summed E-state index contributed by atoms with van der Waals surface area (Å²) in [5.74, 6) is 0.709. The first kappa shape index (κ1) is 13.5. The van der Waals surface area contributed by atoms with Crippen LogP contribution in [-0.4, -0.2) is 25.9 Å². The van der Waals surface area contributed by atoms with Crippen molar-refractivity contribution in [1.82, 2.24) is 0 Å². The molecule has 18 heavy (non-hydrogen) atoms. The molecule has 2 atom stereocenters. The average molecular weight is 270 g/mol. The van der Waals surface area contributed by atoms with Gasteiger partial charge in [-0.05, 0) is 31.4 Å². The van der Waals surface area contributed by atoms with Crippen LogP contribution >= 0.6 is 11.6 Å². The lowest BCUT2D eigenvalue weighted by Crippen LogP contribution is -2.33. The lowest BCUT2D eigenvalue weighted by atomic mass is 10.0. The van der Waals surface area contributed by atoms with E-state index in [2.05, 4.69) is 12.2 Å². The van der Waals surface area contributed by atoms with Crippen LogP contribution in [-0.2, 0) is 4.74 Å². The summed E-state index contributed by atoms with van der Waals surface area (Å²) in [6.45, 7) is 3.00. The standard InChI is InChI=1S/C14H20ClNO2/c1-3-12-8-11(6-7-18-12)16-10-4-5-13(15)14(9-10)17-2/h4-5,9,11-12,16H,3,6-8H2,1-2H3. The maximum Gasteiger partial charge on any atom is 0.139 e. The fraction of sp³-hybridized carbons (Fsp3) is 0.571. The summed E-state index contributed by atoms with van der Waals surface area (Å²) in [7, 11) is 1.63. The van der Waals surface area contributed by atoms with Gasteiger partial charge in [-0.1, -0.05) is 18.5 Å². The molecular formula is C14H20ClNO2. The maximum atomic E-state index is 6.01. The molecule has 1 aromatic carbocycles. The van der Waals surface area contributed by atoms with Crippen LogP contribution in [0.5, 0.6) is 5.75 Å². The minimum atomic E-state index is 0.380. The zero-order valence-corrected chi connectivity index (χ0v) is 11.7. The number of ether oxygens (including phenoxy) is 2. The van der Waals surface area contributed by atoms with Crippen LogP contribution in [0.15, 0.2) is 18.2 Å². The molecule has 0 aromatic heterocycles. The minimum Gasteiger partial charge on any atom is -0.495 e. The van der Waals surface area contributed by atoms with Gasteiger partial charge in [0.1, 0.15) is 5.75 Å². The molecule has 1 N–H and O–H groups in total. The Kier molecular flexibility index (Phi) is 4.72. The highest BCUT2D eigenvalue weighted by molar-refractivity contribution is 6.32. The minimum absolute atomic E-state index is 0.380. The van der Waals surface area contributed by atoms with Crippen LogP contribution in [0.1, 0.15) is 26.2 Å². The van der Waals surface area contributed by atoms with Gasteiger partial charge in [0.05, 0.1) is 18.2 Å². The molecule has 1 saturated heterocycles. The van der Waals surface area contributed by atoms with Crippen molar-refractivity contribution >= 4 is 17.3 Å². The molecule has 2 unspecified atom stereocenters. The number of benzene rings is 1. The second-order valence-corrected chi connectivity index (χ2v) is 5.02. The quantitative estimate of drug-likeness (QED) is 0.904.